The monoisotopic (exact) mass is 189 g/mol. The standard InChI is InChI=1S/C8H9ClOS/c1-10-7-2-4-8(5-3-7)11-6-9/h2-5H,6H2,1H3/i6+1. The highest BCUT2D eigenvalue weighted by Crippen LogP contribution is 2.21. The smallest absolute Gasteiger partial charge is 0.118 e. The maximum absolute atomic E-state index is 5.54. The van der Waals surface area contributed by atoms with Gasteiger partial charge in [0.1, 0.15) is 5.75 Å². The molecule has 3 heteroatoms. The van der Waals surface area contributed by atoms with Crippen LogP contribution in [0, 0.1) is 0 Å². The van der Waals surface area contributed by atoms with Crippen LogP contribution in [0.15, 0.2) is 29.2 Å². The second-order valence-electron chi connectivity index (χ2n) is 1.93. The molecule has 0 spiro atoms. The lowest BCUT2D eigenvalue weighted by Crippen LogP contribution is -1.80. The number of hydrogen-bond donors (Lipinski definition) is 0. The topological polar surface area (TPSA) is 9.23 Å². The van der Waals surface area contributed by atoms with E-state index in [2.05, 4.69) is 0 Å². The average molecular weight is 190 g/mol. The van der Waals surface area contributed by atoms with Gasteiger partial charge in [0.25, 0.3) is 0 Å². The zero-order chi connectivity index (χ0) is 8.10. The molecule has 0 fully saturated rings. The molecular weight excluding hydrogens is 181 g/mol. The van der Waals surface area contributed by atoms with Crippen molar-refractivity contribution >= 4 is 23.4 Å². The number of ether oxygens (including phenoxy) is 1. The zero-order valence-electron chi connectivity index (χ0n) is 6.21. The van der Waals surface area contributed by atoms with Crippen LogP contribution in [0.5, 0.6) is 5.75 Å². The van der Waals surface area contributed by atoms with Crippen molar-refractivity contribution in [2.24, 2.45) is 0 Å². The fourth-order valence-electron chi connectivity index (χ4n) is 0.735. The highest BCUT2D eigenvalue weighted by Gasteiger charge is 1.92. The Morgan fingerprint density at radius 1 is 1.36 bits per heavy atom. The first-order valence-electron chi connectivity index (χ1n) is 3.19. The lowest BCUT2D eigenvalue weighted by atomic mass is 10.3. The summed E-state index contributed by atoms with van der Waals surface area (Å²) in [6.45, 7) is 0. The predicted molar refractivity (Wildman–Crippen MR) is 49.6 cm³/mol. The Bertz CT molecular complexity index is 210. The molecule has 0 N–H and O–H groups in total. The largest absolute Gasteiger partial charge is 0.497 e. The molecule has 1 aromatic carbocycles. The average Bonchev–Trinajstić information content (AvgIpc) is 2.07. The van der Waals surface area contributed by atoms with Crippen LogP contribution in [0.1, 0.15) is 0 Å². The normalized spacial score (nSPS) is 9.64. The fourth-order valence-corrected chi connectivity index (χ4v) is 1.57. The van der Waals surface area contributed by atoms with Crippen LogP contribution in [0.4, 0.5) is 0 Å². The molecule has 1 nitrogen and oxygen atoms in total. The summed E-state index contributed by atoms with van der Waals surface area (Å²) in [5.74, 6) is 0.879. The summed E-state index contributed by atoms with van der Waals surface area (Å²) in [5, 5.41) is 0.590. The molecule has 0 bridgehead atoms. The van der Waals surface area contributed by atoms with E-state index in [1.54, 1.807) is 18.9 Å². The van der Waals surface area contributed by atoms with Crippen LogP contribution in [0.2, 0.25) is 0 Å². The molecule has 0 aliphatic rings. The highest BCUT2D eigenvalue weighted by atomic mass is 35.5. The highest BCUT2D eigenvalue weighted by molar-refractivity contribution is 8.00. The molecule has 1 aromatic rings. The summed E-state index contributed by atoms with van der Waals surface area (Å²) < 4.78 is 5.01. The number of benzene rings is 1. The molecule has 0 saturated carbocycles. The van der Waals surface area contributed by atoms with E-state index in [4.69, 9.17) is 16.3 Å². The Hall–Kier alpha value is -0.340. The Balaban J connectivity index is 2.66. The van der Waals surface area contributed by atoms with Crippen molar-refractivity contribution in [2.75, 3.05) is 12.3 Å². The van der Waals surface area contributed by atoms with Gasteiger partial charge in [0.05, 0.1) is 12.3 Å². The minimum Gasteiger partial charge on any atom is -0.497 e. The third kappa shape index (κ3) is 2.64. The number of thioether (sulfide) groups is 1. The van der Waals surface area contributed by atoms with E-state index in [9.17, 15) is 0 Å². The molecule has 0 aliphatic heterocycles. The number of methoxy groups -OCH3 is 1. The number of hydrogen-bond acceptors (Lipinski definition) is 2. The summed E-state index contributed by atoms with van der Waals surface area (Å²) in [6, 6.07) is 7.83. The molecule has 11 heavy (non-hydrogen) atoms. The lowest BCUT2D eigenvalue weighted by molar-refractivity contribution is 0.414. The molecule has 0 amide bonds. The first-order chi connectivity index (χ1) is 5.36. The maximum Gasteiger partial charge on any atom is 0.118 e. The summed E-state index contributed by atoms with van der Waals surface area (Å²) in [5.41, 5.74) is 0. The van der Waals surface area contributed by atoms with Crippen molar-refractivity contribution in [1.82, 2.24) is 0 Å². The summed E-state index contributed by atoms with van der Waals surface area (Å²) in [6.07, 6.45) is 0. The van der Waals surface area contributed by atoms with Gasteiger partial charge in [-0.1, -0.05) is 0 Å². The predicted octanol–water partition coefficient (Wildman–Crippen LogP) is 2.98. The Kier molecular flexibility index (Phi) is 3.60. The van der Waals surface area contributed by atoms with Crippen LogP contribution in [-0.4, -0.2) is 12.3 Å². The molecule has 0 aromatic heterocycles. The van der Waals surface area contributed by atoms with Crippen molar-refractivity contribution < 1.29 is 4.74 Å². The second-order valence-corrected chi connectivity index (χ2v) is 3.56. The lowest BCUT2D eigenvalue weighted by Gasteiger charge is -1.99. The zero-order valence-corrected chi connectivity index (χ0v) is 7.78. The number of alkyl halides is 1. The van der Waals surface area contributed by atoms with Crippen LogP contribution in [0.25, 0.3) is 0 Å². The van der Waals surface area contributed by atoms with Gasteiger partial charge < -0.3 is 4.74 Å². The van der Waals surface area contributed by atoms with Crippen LogP contribution in [-0.2, 0) is 0 Å². The van der Waals surface area contributed by atoms with Crippen LogP contribution < -0.4 is 4.74 Å². The second kappa shape index (κ2) is 4.52. The van der Waals surface area contributed by atoms with E-state index in [1.807, 2.05) is 24.3 Å². The Morgan fingerprint density at radius 2 is 2.00 bits per heavy atom. The van der Waals surface area contributed by atoms with E-state index < -0.39 is 0 Å². The minimum absolute atomic E-state index is 0.590. The van der Waals surface area contributed by atoms with Gasteiger partial charge in [0.2, 0.25) is 0 Å². The van der Waals surface area contributed by atoms with Crippen LogP contribution in [0.3, 0.4) is 0 Å². The number of rotatable bonds is 3. The van der Waals surface area contributed by atoms with Crippen LogP contribution >= 0.6 is 23.4 Å². The first kappa shape index (κ1) is 8.75. The molecule has 0 unspecified atom stereocenters. The number of halogens is 1. The molecule has 1 rings (SSSR count). The molecule has 0 aliphatic carbocycles. The quantitative estimate of drug-likeness (QED) is 0.411. The van der Waals surface area contributed by atoms with Crippen molar-refractivity contribution in [3.05, 3.63) is 24.3 Å². The molecular formula is C8H9ClOS. The van der Waals surface area contributed by atoms with E-state index in [-0.39, 0.29) is 0 Å². The van der Waals surface area contributed by atoms with Crippen molar-refractivity contribution in [3.63, 3.8) is 0 Å². The minimum atomic E-state index is 0.590. The summed E-state index contributed by atoms with van der Waals surface area (Å²) in [7, 11) is 1.66. The van der Waals surface area contributed by atoms with Gasteiger partial charge in [0.15, 0.2) is 0 Å². The van der Waals surface area contributed by atoms with E-state index >= 15 is 0 Å². The van der Waals surface area contributed by atoms with Gasteiger partial charge >= 0.3 is 0 Å². The molecule has 0 atom stereocenters. The molecule has 0 radical (unpaired) electrons. The molecule has 0 heterocycles. The Labute approximate surface area is 75.7 Å². The van der Waals surface area contributed by atoms with Crippen molar-refractivity contribution in [1.29, 1.82) is 0 Å². The SMILES string of the molecule is COc1ccc(S[13CH2]Cl)cc1. The van der Waals surface area contributed by atoms with Gasteiger partial charge in [-0.2, -0.15) is 0 Å². The van der Waals surface area contributed by atoms with Crippen molar-refractivity contribution in [3.8, 4) is 5.75 Å². The Morgan fingerprint density at radius 3 is 2.45 bits per heavy atom. The van der Waals surface area contributed by atoms with Gasteiger partial charge in [-0.3, -0.25) is 0 Å². The van der Waals surface area contributed by atoms with Gasteiger partial charge in [-0.15, -0.1) is 23.4 Å². The molecule has 60 valence electrons. The van der Waals surface area contributed by atoms with E-state index in [1.165, 1.54) is 4.90 Å². The van der Waals surface area contributed by atoms with Gasteiger partial charge in [-0.05, 0) is 24.3 Å². The third-order valence-electron chi connectivity index (χ3n) is 1.28. The first-order valence-corrected chi connectivity index (χ1v) is 4.71. The third-order valence-corrected chi connectivity index (χ3v) is 2.32. The van der Waals surface area contributed by atoms with E-state index in [0.717, 1.165) is 5.75 Å². The van der Waals surface area contributed by atoms with Gasteiger partial charge in [0, 0.05) is 4.90 Å². The van der Waals surface area contributed by atoms with Gasteiger partial charge in [-0.25, -0.2) is 0 Å². The fraction of sp³-hybridized carbons (Fsp3) is 0.250. The summed E-state index contributed by atoms with van der Waals surface area (Å²) >= 11 is 7.15. The van der Waals surface area contributed by atoms with E-state index in [0.29, 0.717) is 5.21 Å². The summed E-state index contributed by atoms with van der Waals surface area (Å²) in [4.78, 5) is 1.17. The maximum atomic E-state index is 5.54. The van der Waals surface area contributed by atoms with Crippen molar-refractivity contribution in [2.45, 2.75) is 4.90 Å². The molecule has 0 saturated heterocycles.